The Morgan fingerprint density at radius 2 is 1.88 bits per heavy atom. The largest absolute Gasteiger partial charge is 0.385 e. The van der Waals surface area contributed by atoms with Crippen LogP contribution in [0.5, 0.6) is 0 Å². The maximum atomic E-state index is 3.73. The van der Waals surface area contributed by atoms with Gasteiger partial charge in [-0.25, -0.2) is 0 Å². The molecule has 16 heavy (non-hydrogen) atoms. The van der Waals surface area contributed by atoms with E-state index in [9.17, 15) is 0 Å². The third-order valence-electron chi connectivity index (χ3n) is 2.78. The summed E-state index contributed by atoms with van der Waals surface area (Å²) < 4.78 is 0. The molecule has 0 fully saturated rings. The first-order chi connectivity index (χ1) is 7.86. The van der Waals surface area contributed by atoms with E-state index in [2.05, 4.69) is 43.1 Å². The number of nitrogens with one attached hydrogen (secondary N) is 1. The summed E-state index contributed by atoms with van der Waals surface area (Å²) in [6.45, 7) is 6.98. The van der Waals surface area contributed by atoms with Gasteiger partial charge in [-0.05, 0) is 43.4 Å². The molecule has 0 amide bonds. The highest BCUT2D eigenvalue weighted by Gasteiger charge is 1.92. The highest BCUT2D eigenvalue weighted by molar-refractivity contribution is 5.44. The van der Waals surface area contributed by atoms with E-state index in [0.717, 1.165) is 19.4 Å². The second-order valence-corrected chi connectivity index (χ2v) is 4.12. The second kappa shape index (κ2) is 7.98. The van der Waals surface area contributed by atoms with Crippen molar-refractivity contribution in [3.05, 3.63) is 42.5 Å². The normalized spacial score (nSPS) is 10.1. The highest BCUT2D eigenvalue weighted by atomic mass is 14.9. The quantitative estimate of drug-likeness (QED) is 0.502. The number of unbranched alkanes of at least 4 members (excludes halogenated alkanes) is 3. The third kappa shape index (κ3) is 5.01. The summed E-state index contributed by atoms with van der Waals surface area (Å²) in [5.74, 6) is 0. The van der Waals surface area contributed by atoms with E-state index in [4.69, 9.17) is 0 Å². The van der Waals surface area contributed by atoms with Crippen LogP contribution in [-0.2, 0) is 6.42 Å². The predicted molar refractivity (Wildman–Crippen MR) is 73.0 cm³/mol. The molecule has 0 unspecified atom stereocenters. The first-order valence-corrected chi connectivity index (χ1v) is 6.30. The molecule has 1 aromatic carbocycles. The van der Waals surface area contributed by atoms with Crippen LogP contribution < -0.4 is 5.32 Å². The van der Waals surface area contributed by atoms with Gasteiger partial charge in [-0.1, -0.05) is 31.6 Å². The molecular formula is C15H23N. The monoisotopic (exact) mass is 217 g/mol. The molecule has 0 aliphatic heterocycles. The number of aryl methyl sites for hydroxylation is 1. The lowest BCUT2D eigenvalue weighted by molar-refractivity contribution is 0.709. The van der Waals surface area contributed by atoms with Crippen molar-refractivity contribution in [1.29, 1.82) is 0 Å². The maximum Gasteiger partial charge on any atom is 0.0340 e. The number of rotatable bonds is 8. The molecule has 0 saturated carbocycles. The zero-order valence-corrected chi connectivity index (χ0v) is 10.3. The van der Waals surface area contributed by atoms with Gasteiger partial charge in [-0.2, -0.15) is 0 Å². The topological polar surface area (TPSA) is 12.0 Å². The van der Waals surface area contributed by atoms with Crippen LogP contribution in [0.4, 0.5) is 5.69 Å². The Balaban J connectivity index is 2.14. The summed E-state index contributed by atoms with van der Waals surface area (Å²) in [7, 11) is 0. The average molecular weight is 217 g/mol. The van der Waals surface area contributed by atoms with Crippen molar-refractivity contribution in [3.8, 4) is 0 Å². The molecule has 0 aliphatic carbocycles. The van der Waals surface area contributed by atoms with Gasteiger partial charge in [0.1, 0.15) is 0 Å². The molecule has 88 valence electrons. The highest BCUT2D eigenvalue weighted by Crippen LogP contribution is 2.10. The lowest BCUT2D eigenvalue weighted by Gasteiger charge is -2.06. The van der Waals surface area contributed by atoms with Crippen molar-refractivity contribution in [2.75, 3.05) is 11.9 Å². The van der Waals surface area contributed by atoms with Gasteiger partial charge in [-0.15, -0.1) is 6.58 Å². The summed E-state index contributed by atoms with van der Waals surface area (Å²) in [4.78, 5) is 0. The Morgan fingerprint density at radius 1 is 1.12 bits per heavy atom. The van der Waals surface area contributed by atoms with Gasteiger partial charge in [0, 0.05) is 12.2 Å². The van der Waals surface area contributed by atoms with Crippen molar-refractivity contribution < 1.29 is 0 Å². The second-order valence-electron chi connectivity index (χ2n) is 4.12. The van der Waals surface area contributed by atoms with E-state index in [1.165, 1.54) is 30.5 Å². The molecule has 0 aliphatic rings. The van der Waals surface area contributed by atoms with Crippen LogP contribution in [0.2, 0.25) is 0 Å². The Kier molecular flexibility index (Phi) is 6.39. The summed E-state index contributed by atoms with van der Waals surface area (Å²) in [5.41, 5.74) is 2.64. The van der Waals surface area contributed by atoms with Gasteiger partial charge in [0.15, 0.2) is 0 Å². The fourth-order valence-electron chi connectivity index (χ4n) is 1.68. The minimum Gasteiger partial charge on any atom is -0.385 e. The van der Waals surface area contributed by atoms with Crippen LogP contribution in [0.1, 0.15) is 38.2 Å². The Bertz CT molecular complexity index is 287. The zero-order chi connectivity index (χ0) is 11.6. The van der Waals surface area contributed by atoms with Crippen molar-refractivity contribution in [2.45, 2.75) is 39.0 Å². The molecular weight excluding hydrogens is 194 g/mol. The molecule has 1 heteroatoms. The number of hydrogen-bond acceptors (Lipinski definition) is 1. The molecule has 1 aromatic rings. The van der Waals surface area contributed by atoms with E-state index in [1.807, 2.05) is 6.08 Å². The molecule has 1 N–H and O–H groups in total. The Hall–Kier alpha value is -1.24. The number of benzene rings is 1. The molecule has 0 heterocycles. The Labute approximate surface area is 99.6 Å². The molecule has 0 atom stereocenters. The lowest BCUT2D eigenvalue weighted by Crippen LogP contribution is -2.01. The van der Waals surface area contributed by atoms with Gasteiger partial charge in [0.2, 0.25) is 0 Å². The average Bonchev–Trinajstić information content (AvgIpc) is 2.34. The van der Waals surface area contributed by atoms with E-state index >= 15 is 0 Å². The fourth-order valence-corrected chi connectivity index (χ4v) is 1.68. The van der Waals surface area contributed by atoms with Crippen LogP contribution in [0, 0.1) is 0 Å². The first kappa shape index (κ1) is 12.8. The number of allylic oxidation sites excluding steroid dienone is 1. The standard InChI is InChI=1S/C15H23N/c1-3-5-6-7-8-13-16-15-11-9-14(4-2)10-12-15/h3,9-12,16H,1,4-8,13H2,2H3. The minimum absolute atomic E-state index is 1.07. The number of anilines is 1. The van der Waals surface area contributed by atoms with Gasteiger partial charge in [0.25, 0.3) is 0 Å². The van der Waals surface area contributed by atoms with Crippen molar-refractivity contribution >= 4 is 5.69 Å². The molecule has 0 aromatic heterocycles. The third-order valence-corrected chi connectivity index (χ3v) is 2.78. The van der Waals surface area contributed by atoms with Crippen LogP contribution in [0.25, 0.3) is 0 Å². The molecule has 1 nitrogen and oxygen atoms in total. The Morgan fingerprint density at radius 3 is 2.50 bits per heavy atom. The van der Waals surface area contributed by atoms with Crippen LogP contribution in [0.15, 0.2) is 36.9 Å². The zero-order valence-electron chi connectivity index (χ0n) is 10.3. The van der Waals surface area contributed by atoms with Crippen LogP contribution in [-0.4, -0.2) is 6.54 Å². The van der Waals surface area contributed by atoms with E-state index < -0.39 is 0 Å². The smallest absolute Gasteiger partial charge is 0.0340 e. The fraction of sp³-hybridized carbons (Fsp3) is 0.467. The maximum absolute atomic E-state index is 3.73. The van der Waals surface area contributed by atoms with Gasteiger partial charge in [0.05, 0.1) is 0 Å². The molecule has 0 radical (unpaired) electrons. The van der Waals surface area contributed by atoms with E-state index in [1.54, 1.807) is 0 Å². The van der Waals surface area contributed by atoms with E-state index in [0.29, 0.717) is 0 Å². The van der Waals surface area contributed by atoms with Crippen molar-refractivity contribution in [3.63, 3.8) is 0 Å². The minimum atomic E-state index is 1.07. The SMILES string of the molecule is C=CCCCCCNc1ccc(CC)cc1. The molecule has 0 spiro atoms. The van der Waals surface area contributed by atoms with Crippen LogP contribution in [0.3, 0.4) is 0 Å². The first-order valence-electron chi connectivity index (χ1n) is 6.30. The van der Waals surface area contributed by atoms with Gasteiger partial charge in [-0.3, -0.25) is 0 Å². The molecule has 0 saturated heterocycles. The summed E-state index contributed by atoms with van der Waals surface area (Å²) in [6, 6.07) is 8.73. The summed E-state index contributed by atoms with van der Waals surface area (Å²) in [6.07, 6.45) is 8.04. The van der Waals surface area contributed by atoms with Gasteiger partial charge < -0.3 is 5.32 Å². The lowest BCUT2D eigenvalue weighted by atomic mass is 10.1. The number of hydrogen-bond donors (Lipinski definition) is 1. The molecule has 1 rings (SSSR count). The molecule has 0 bridgehead atoms. The van der Waals surface area contributed by atoms with Crippen molar-refractivity contribution in [2.24, 2.45) is 0 Å². The van der Waals surface area contributed by atoms with Crippen molar-refractivity contribution in [1.82, 2.24) is 0 Å². The summed E-state index contributed by atoms with van der Waals surface area (Å²) >= 11 is 0. The van der Waals surface area contributed by atoms with Gasteiger partial charge >= 0.3 is 0 Å². The predicted octanol–water partition coefficient (Wildman–Crippen LogP) is 4.41. The summed E-state index contributed by atoms with van der Waals surface area (Å²) in [5, 5.41) is 3.45. The van der Waals surface area contributed by atoms with E-state index in [-0.39, 0.29) is 0 Å². The van der Waals surface area contributed by atoms with Crippen LogP contribution >= 0.6 is 0 Å².